The molecule has 3 rings (SSSR count). The highest BCUT2D eigenvalue weighted by molar-refractivity contribution is 5.66. The van der Waals surface area contributed by atoms with Crippen LogP contribution >= 0.6 is 0 Å². The van der Waals surface area contributed by atoms with E-state index < -0.39 is 23.3 Å². The zero-order valence-electron chi connectivity index (χ0n) is 17.3. The molecular formula is C25H28F4O. The summed E-state index contributed by atoms with van der Waals surface area (Å²) in [7, 11) is 0. The van der Waals surface area contributed by atoms with Gasteiger partial charge >= 0.3 is 0 Å². The third-order valence-electron chi connectivity index (χ3n) is 6.00. The molecule has 162 valence electrons. The summed E-state index contributed by atoms with van der Waals surface area (Å²) < 4.78 is 64.0. The maximum Gasteiger partial charge on any atom is 0.201 e. The van der Waals surface area contributed by atoms with Gasteiger partial charge < -0.3 is 4.74 Å². The molecule has 0 aliphatic heterocycles. The van der Waals surface area contributed by atoms with Crippen LogP contribution in [0.25, 0.3) is 11.1 Å². The molecular weight excluding hydrogens is 392 g/mol. The van der Waals surface area contributed by atoms with E-state index in [0.29, 0.717) is 11.5 Å². The Bertz CT molecular complexity index is 885. The van der Waals surface area contributed by atoms with Crippen molar-refractivity contribution in [3.63, 3.8) is 0 Å². The van der Waals surface area contributed by atoms with Gasteiger partial charge in [0.25, 0.3) is 0 Å². The average Bonchev–Trinajstić information content (AvgIpc) is 2.76. The average molecular weight is 420 g/mol. The van der Waals surface area contributed by atoms with Crippen LogP contribution in [0, 0.1) is 29.2 Å². The fraction of sp³-hybridized carbons (Fsp3) is 0.440. The Morgan fingerprint density at radius 2 is 1.50 bits per heavy atom. The summed E-state index contributed by atoms with van der Waals surface area (Å²) >= 11 is 0. The van der Waals surface area contributed by atoms with E-state index >= 15 is 0 Å². The number of unbranched alkanes of at least 4 members (excludes halogenated alkanes) is 2. The zero-order chi connectivity index (χ0) is 21.7. The first-order valence-electron chi connectivity index (χ1n) is 10.7. The maximum atomic E-state index is 14.8. The first-order valence-corrected chi connectivity index (χ1v) is 10.7. The largest absolute Gasteiger partial charge is 0.490 e. The Kier molecular flexibility index (Phi) is 7.57. The van der Waals surface area contributed by atoms with E-state index in [9.17, 15) is 17.6 Å². The Balaban J connectivity index is 1.83. The van der Waals surface area contributed by atoms with E-state index in [4.69, 9.17) is 4.74 Å². The monoisotopic (exact) mass is 420 g/mol. The molecule has 0 spiro atoms. The van der Waals surface area contributed by atoms with Gasteiger partial charge in [-0.3, -0.25) is 0 Å². The Labute approximate surface area is 175 Å². The molecule has 2 aromatic rings. The van der Waals surface area contributed by atoms with Crippen molar-refractivity contribution in [3.05, 3.63) is 65.8 Å². The predicted molar refractivity (Wildman–Crippen MR) is 112 cm³/mol. The molecule has 30 heavy (non-hydrogen) atoms. The summed E-state index contributed by atoms with van der Waals surface area (Å²) in [6.45, 7) is 6.10. The molecule has 5 heteroatoms. The quantitative estimate of drug-likeness (QED) is 0.239. The molecule has 0 saturated heterocycles. The molecule has 1 nitrogen and oxygen atoms in total. The summed E-state index contributed by atoms with van der Waals surface area (Å²) in [6.07, 6.45) is 7.82. The lowest BCUT2D eigenvalue weighted by atomic mass is 9.78. The van der Waals surface area contributed by atoms with Gasteiger partial charge in [0.2, 0.25) is 5.82 Å². The van der Waals surface area contributed by atoms with Crippen molar-refractivity contribution in [1.29, 1.82) is 0 Å². The molecule has 1 aliphatic carbocycles. The highest BCUT2D eigenvalue weighted by Crippen LogP contribution is 2.40. The van der Waals surface area contributed by atoms with Gasteiger partial charge in [-0.2, -0.15) is 4.39 Å². The van der Waals surface area contributed by atoms with Crippen LogP contribution in [-0.4, -0.2) is 6.61 Å². The number of halogens is 4. The Morgan fingerprint density at radius 1 is 0.867 bits per heavy atom. The highest BCUT2D eigenvalue weighted by atomic mass is 19.2. The summed E-state index contributed by atoms with van der Waals surface area (Å²) in [4.78, 5) is 0. The van der Waals surface area contributed by atoms with Gasteiger partial charge in [-0.25, -0.2) is 13.2 Å². The number of hydrogen-bond acceptors (Lipinski definition) is 1. The smallest absolute Gasteiger partial charge is 0.201 e. The lowest BCUT2D eigenvalue weighted by molar-refractivity contribution is 0.286. The van der Waals surface area contributed by atoms with E-state index in [-0.39, 0.29) is 29.4 Å². The van der Waals surface area contributed by atoms with Crippen LogP contribution in [0.5, 0.6) is 5.75 Å². The molecule has 1 saturated carbocycles. The third-order valence-corrected chi connectivity index (χ3v) is 6.00. The SMILES string of the molecule is C=CC1CCC(c2ccc(-c3ccc(OCCCCC)c(F)c3F)c(F)c2F)CC1. The van der Waals surface area contributed by atoms with Crippen LogP contribution in [0.15, 0.2) is 36.9 Å². The van der Waals surface area contributed by atoms with Crippen molar-refractivity contribution in [1.82, 2.24) is 0 Å². The lowest BCUT2D eigenvalue weighted by Crippen LogP contribution is -2.13. The third kappa shape index (κ3) is 4.71. The van der Waals surface area contributed by atoms with Gasteiger partial charge in [-0.1, -0.05) is 38.0 Å². The van der Waals surface area contributed by atoms with E-state index in [0.717, 1.165) is 44.9 Å². The molecule has 0 heterocycles. The molecule has 0 atom stereocenters. The van der Waals surface area contributed by atoms with Gasteiger partial charge in [0.1, 0.15) is 0 Å². The van der Waals surface area contributed by atoms with E-state index in [1.54, 1.807) is 0 Å². The van der Waals surface area contributed by atoms with E-state index in [2.05, 4.69) is 6.58 Å². The van der Waals surface area contributed by atoms with Crippen LogP contribution in [0.2, 0.25) is 0 Å². The lowest BCUT2D eigenvalue weighted by Gasteiger charge is -2.27. The van der Waals surface area contributed by atoms with Crippen LogP contribution in [0.3, 0.4) is 0 Å². The second kappa shape index (κ2) is 10.1. The van der Waals surface area contributed by atoms with Crippen molar-refractivity contribution < 1.29 is 22.3 Å². The van der Waals surface area contributed by atoms with Gasteiger partial charge in [-0.05, 0) is 61.6 Å². The van der Waals surface area contributed by atoms with Gasteiger partial charge in [0.05, 0.1) is 6.61 Å². The van der Waals surface area contributed by atoms with Crippen molar-refractivity contribution in [2.24, 2.45) is 5.92 Å². The van der Waals surface area contributed by atoms with Crippen LogP contribution in [-0.2, 0) is 0 Å². The van der Waals surface area contributed by atoms with Gasteiger partial charge in [-0.15, -0.1) is 6.58 Å². The molecule has 0 radical (unpaired) electrons. The summed E-state index contributed by atoms with van der Waals surface area (Å²) in [5.41, 5.74) is -0.299. The fourth-order valence-corrected chi connectivity index (χ4v) is 4.14. The van der Waals surface area contributed by atoms with Crippen molar-refractivity contribution >= 4 is 0 Å². The Morgan fingerprint density at radius 3 is 2.13 bits per heavy atom. The van der Waals surface area contributed by atoms with E-state index in [1.807, 2.05) is 13.0 Å². The second-order valence-corrected chi connectivity index (χ2v) is 7.97. The van der Waals surface area contributed by atoms with Crippen LogP contribution < -0.4 is 4.74 Å². The van der Waals surface area contributed by atoms with Gasteiger partial charge in [0, 0.05) is 11.1 Å². The molecule has 1 fully saturated rings. The van der Waals surface area contributed by atoms with E-state index in [1.165, 1.54) is 24.3 Å². The van der Waals surface area contributed by atoms with Gasteiger partial charge in [0.15, 0.2) is 23.2 Å². The standard InChI is InChI=1S/C25H28F4O/c1-3-5-6-15-30-21-14-13-20(24(28)25(21)29)19-12-11-18(22(26)23(19)27)17-9-7-16(4-2)8-10-17/h4,11-14,16-17H,2-3,5-10,15H2,1H3. The summed E-state index contributed by atoms with van der Waals surface area (Å²) in [5.74, 6) is -4.43. The summed E-state index contributed by atoms with van der Waals surface area (Å²) in [5, 5.41) is 0. The predicted octanol–water partition coefficient (Wildman–Crippen LogP) is 7.94. The number of allylic oxidation sites excluding steroid dienone is 1. The highest BCUT2D eigenvalue weighted by Gasteiger charge is 2.27. The van der Waals surface area contributed by atoms with Crippen molar-refractivity contribution in [3.8, 4) is 16.9 Å². The zero-order valence-corrected chi connectivity index (χ0v) is 17.3. The second-order valence-electron chi connectivity index (χ2n) is 7.97. The first kappa shape index (κ1) is 22.4. The number of hydrogen-bond donors (Lipinski definition) is 0. The number of ether oxygens (including phenoxy) is 1. The van der Waals surface area contributed by atoms with Crippen LogP contribution in [0.4, 0.5) is 17.6 Å². The number of benzene rings is 2. The molecule has 2 aromatic carbocycles. The normalized spacial score (nSPS) is 19.0. The molecule has 1 aliphatic rings. The number of rotatable bonds is 8. The molecule has 0 bridgehead atoms. The van der Waals surface area contributed by atoms with Crippen LogP contribution in [0.1, 0.15) is 63.4 Å². The minimum absolute atomic E-state index is 0.0785. The van der Waals surface area contributed by atoms with Crippen molar-refractivity contribution in [2.75, 3.05) is 6.61 Å². The molecule has 0 unspecified atom stereocenters. The first-order chi connectivity index (χ1) is 14.5. The minimum atomic E-state index is -1.24. The maximum absolute atomic E-state index is 14.8. The molecule has 0 amide bonds. The molecule has 0 aromatic heterocycles. The molecule has 0 N–H and O–H groups in total. The summed E-state index contributed by atoms with van der Waals surface area (Å²) in [6, 6.07) is 5.34. The fourth-order valence-electron chi connectivity index (χ4n) is 4.14. The Hall–Kier alpha value is -2.30. The van der Waals surface area contributed by atoms with Crippen molar-refractivity contribution in [2.45, 2.75) is 57.8 Å². The minimum Gasteiger partial charge on any atom is -0.490 e. The topological polar surface area (TPSA) is 9.23 Å².